The summed E-state index contributed by atoms with van der Waals surface area (Å²) in [6.45, 7) is 73.0. The number of allylic oxidation sites excluding steroid dienone is 8. The van der Waals surface area contributed by atoms with Crippen LogP contribution in [0.1, 0.15) is 254 Å². The number of rotatable bonds is 58. The van der Waals surface area contributed by atoms with E-state index >= 15 is 0 Å². The Morgan fingerprint density at radius 3 is 0.732 bits per heavy atom. The van der Waals surface area contributed by atoms with Crippen LogP contribution >= 0.6 is 23.5 Å². The first-order valence-corrected chi connectivity index (χ1v) is 52.5. The molecule has 6 rings (SSSR count). The fourth-order valence-corrected chi connectivity index (χ4v) is 18.4. The molecule has 0 aromatic heterocycles. The van der Waals surface area contributed by atoms with Crippen molar-refractivity contribution in [3.05, 3.63) is 252 Å². The van der Waals surface area contributed by atoms with Crippen molar-refractivity contribution in [2.24, 2.45) is 71.0 Å². The van der Waals surface area contributed by atoms with E-state index in [1.54, 1.807) is 37.4 Å². The minimum atomic E-state index is -0.499. The molecule has 0 aliphatic carbocycles. The van der Waals surface area contributed by atoms with Crippen molar-refractivity contribution < 1.29 is 95.2 Å². The molecular weight excluding hydrogens is 1830 g/mol. The monoisotopic (exact) mass is 1990 g/mol. The van der Waals surface area contributed by atoms with E-state index in [1.807, 2.05) is 109 Å². The number of hydrogen-bond acceptors (Lipinski definition) is 22. The molecule has 20 nitrogen and oxygen atoms in total. The fourth-order valence-electron chi connectivity index (χ4n) is 16.6. The van der Waals surface area contributed by atoms with Gasteiger partial charge in [-0.2, -0.15) is 0 Å². The van der Waals surface area contributed by atoms with E-state index in [-0.39, 0.29) is 116 Å². The lowest BCUT2D eigenvalue weighted by atomic mass is 9.81. The third kappa shape index (κ3) is 49.3. The molecule has 2 atom stereocenters. The maximum atomic E-state index is 12.6. The smallest absolute Gasteiger partial charge is 0.333 e. The number of esters is 8. The summed E-state index contributed by atoms with van der Waals surface area (Å²) in [5.74, 6) is 6.42. The Balaban J connectivity index is 0.000000490. The van der Waals surface area contributed by atoms with Gasteiger partial charge in [0.1, 0.15) is 74.8 Å². The van der Waals surface area contributed by atoms with E-state index in [0.29, 0.717) is 119 Å². The van der Waals surface area contributed by atoms with Gasteiger partial charge in [0.25, 0.3) is 0 Å². The van der Waals surface area contributed by atoms with Crippen molar-refractivity contribution in [1.29, 1.82) is 0 Å². The Bertz CT molecular complexity index is 4910. The van der Waals surface area contributed by atoms with Gasteiger partial charge in [-0.3, -0.25) is 19.2 Å². The first-order valence-electron chi connectivity index (χ1n) is 50.5. The van der Waals surface area contributed by atoms with E-state index in [9.17, 15) is 38.4 Å². The molecule has 6 aromatic rings. The molecule has 0 fully saturated rings. The lowest BCUT2D eigenvalue weighted by Crippen LogP contribution is -2.27. The van der Waals surface area contributed by atoms with Crippen LogP contribution in [0.25, 0.3) is 22.3 Å². The van der Waals surface area contributed by atoms with Crippen molar-refractivity contribution >= 4 is 93.6 Å². The maximum absolute atomic E-state index is 12.6. The molecule has 780 valence electrons. The topological polar surface area (TPSA) is 247 Å². The molecule has 0 spiro atoms. The van der Waals surface area contributed by atoms with Crippen LogP contribution in [0.2, 0.25) is 0 Å². The summed E-state index contributed by atoms with van der Waals surface area (Å²) in [6, 6.07) is 52.7. The fraction of sp³-hybridized carbons (Fsp3) is 0.500. The molecule has 0 amide bonds. The minimum absolute atomic E-state index is 0.147. The second-order valence-corrected chi connectivity index (χ2v) is 40.8. The number of carbonyl (C=O) groups is 8. The first kappa shape index (κ1) is 125. The van der Waals surface area contributed by atoms with Crippen LogP contribution in [0.4, 0.5) is 0 Å². The first-order chi connectivity index (χ1) is 67.3. The number of thioether (sulfide) groups is 2. The van der Waals surface area contributed by atoms with Crippen molar-refractivity contribution in [2.45, 2.75) is 253 Å². The zero-order valence-corrected chi connectivity index (χ0v) is 91.8. The molecule has 6 aromatic carbocycles. The SMILES string of the molecule is C=C(C)C(=O)OCCCC(=O)OC(COc1ccc(C(=C(C(C)C)C(C)C)C(C)C)cc1)CSc1ccccc1.C=C(C)C(=O)OCCCC(=O)OCCOc1ccc(C(=C(C(C)C)C(C)C)C(C)C)cc1.C=CC(=O)OCCCC(=O)OC(COc1ccc(C(=C(C(C)C)C(C)C)C(C)C)cc1)CSc1ccccc1.C=CC(=O)OCCCC(=O)OCCOc1ccc(C(=C(C(C)C)C(C)C)C(C)C)cc1. The number of hydrogen-bond donors (Lipinski definition) is 0. The third-order valence-electron chi connectivity index (χ3n) is 22.3. The predicted octanol–water partition coefficient (Wildman–Crippen LogP) is 28.5. The highest BCUT2D eigenvalue weighted by Crippen LogP contribution is 2.41. The predicted molar refractivity (Wildman–Crippen MR) is 580 cm³/mol. The van der Waals surface area contributed by atoms with Gasteiger partial charge in [-0.1, -0.05) is 300 Å². The van der Waals surface area contributed by atoms with E-state index in [1.165, 1.54) is 66.8 Å². The van der Waals surface area contributed by atoms with Crippen LogP contribution in [0.5, 0.6) is 23.0 Å². The van der Waals surface area contributed by atoms with Gasteiger partial charge in [0.05, 0.1) is 26.4 Å². The van der Waals surface area contributed by atoms with Gasteiger partial charge in [0.15, 0.2) is 0 Å². The lowest BCUT2D eigenvalue weighted by Gasteiger charge is -2.25. The van der Waals surface area contributed by atoms with Gasteiger partial charge in [-0.25, -0.2) is 19.2 Å². The molecule has 22 heteroatoms. The molecule has 142 heavy (non-hydrogen) atoms. The van der Waals surface area contributed by atoms with Crippen molar-refractivity contribution in [3.8, 4) is 23.0 Å². The standard InChI is InChI=1S/C34H46O5S.C33H44O5S.C27H40O5.C26H38O5/c1-23(2)32(24(3)4)33(25(5)6)27-16-18-28(19-17-27)38-21-29(22-40-30-13-10-9-11-14-30)39-31(35)15-12-20-37-34(36)26(7)8;1-8-30(34)36-20-12-15-31(35)38-28(22-39-29-13-10-9-11-14-29)21-37-27-18-16-26(17-19-27)33(25(6)7)32(23(2)3)24(4)5;1-18(2)25(19(3)4)26(20(5)6)22-11-13-23(14-12-22)30-16-17-31-24(28)10-9-15-32-27(29)21(7)8;1-8-23(27)30-15-9-10-24(28)31-17-16-29-22-13-11-21(12-14-22)26(20(6)7)25(18(2)3)19(4)5/h9-11,13-14,16-19,23-25,29H,7,12,15,20-22H2,1-6,8H3;8-11,13-14,16-19,23-25,28H,1,12,15,20-22H2,2-7H3;11-14,18-20H,7,9-10,15-17H2,1-6,8H3;8,11-14,18-20H,1,9-10,15-17H2,2-7H3. The Morgan fingerprint density at radius 1 is 0.275 bits per heavy atom. The number of ether oxygens (including phenoxy) is 12. The molecule has 0 aliphatic heterocycles. The van der Waals surface area contributed by atoms with Gasteiger partial charge in [-0.05, 0) is 228 Å². The Morgan fingerprint density at radius 2 is 0.507 bits per heavy atom. The Labute approximate surface area is 860 Å². The average molecular weight is 1990 g/mol. The average Bonchev–Trinajstić information content (AvgIpc) is 0.831. The summed E-state index contributed by atoms with van der Waals surface area (Å²) in [6.07, 6.45) is 3.64. The minimum Gasteiger partial charge on any atom is -0.490 e. The lowest BCUT2D eigenvalue weighted by molar-refractivity contribution is -0.151. The summed E-state index contributed by atoms with van der Waals surface area (Å²) in [7, 11) is 0. The zero-order valence-electron chi connectivity index (χ0n) is 90.2. The van der Waals surface area contributed by atoms with Crippen LogP contribution in [-0.2, 0) is 76.3 Å². The number of benzene rings is 6. The molecule has 0 aliphatic rings. The Kier molecular flexibility index (Phi) is 60.7. The second kappa shape index (κ2) is 69.0. The molecule has 0 bridgehead atoms. The van der Waals surface area contributed by atoms with Crippen molar-refractivity contribution in [1.82, 2.24) is 0 Å². The zero-order chi connectivity index (χ0) is 106. The van der Waals surface area contributed by atoms with Crippen LogP contribution in [0.15, 0.2) is 239 Å². The molecule has 0 radical (unpaired) electrons. The number of carbonyl (C=O) groups excluding carboxylic acids is 8. The summed E-state index contributed by atoms with van der Waals surface area (Å²) >= 11 is 3.23. The molecule has 0 N–H and O–H groups in total. The summed E-state index contributed by atoms with van der Waals surface area (Å²) in [5, 5.41) is 0. The van der Waals surface area contributed by atoms with Crippen LogP contribution < -0.4 is 18.9 Å². The molecule has 2 unspecified atom stereocenters. The maximum Gasteiger partial charge on any atom is 0.333 e. The van der Waals surface area contributed by atoms with Gasteiger partial charge in [0, 0.05) is 70.3 Å². The third-order valence-corrected chi connectivity index (χ3v) is 24.6. The van der Waals surface area contributed by atoms with E-state index < -0.39 is 36.1 Å². The summed E-state index contributed by atoms with van der Waals surface area (Å²) in [5.41, 5.74) is 17.1. The summed E-state index contributed by atoms with van der Waals surface area (Å²) < 4.78 is 65.2. The van der Waals surface area contributed by atoms with Crippen LogP contribution in [0.3, 0.4) is 0 Å². The highest BCUT2D eigenvalue weighted by molar-refractivity contribution is 7.99. The normalized spacial score (nSPS) is 11.4. The molecular formula is C120H168O20S2. The quantitative estimate of drug-likeness (QED) is 0.0113. The van der Waals surface area contributed by atoms with Gasteiger partial charge in [-0.15, -0.1) is 23.5 Å². The van der Waals surface area contributed by atoms with E-state index in [4.69, 9.17) is 56.8 Å². The van der Waals surface area contributed by atoms with Gasteiger partial charge >= 0.3 is 47.8 Å². The highest BCUT2D eigenvalue weighted by atomic mass is 32.2. The van der Waals surface area contributed by atoms with Crippen LogP contribution in [0, 0.1) is 71.0 Å². The molecule has 0 heterocycles. The second-order valence-electron chi connectivity index (χ2n) is 38.7. The van der Waals surface area contributed by atoms with Crippen molar-refractivity contribution in [2.75, 3.05) is 77.6 Å². The summed E-state index contributed by atoms with van der Waals surface area (Å²) in [4.78, 5) is 95.6. The van der Waals surface area contributed by atoms with Gasteiger partial charge in [0.2, 0.25) is 0 Å². The van der Waals surface area contributed by atoms with E-state index in [2.05, 4.69) is 241 Å². The largest absolute Gasteiger partial charge is 0.490 e. The van der Waals surface area contributed by atoms with E-state index in [0.717, 1.165) is 44.9 Å². The van der Waals surface area contributed by atoms with Crippen molar-refractivity contribution in [3.63, 3.8) is 0 Å². The molecule has 0 saturated heterocycles. The highest BCUT2D eigenvalue weighted by Gasteiger charge is 2.26. The molecule has 0 saturated carbocycles. The van der Waals surface area contributed by atoms with Crippen LogP contribution in [-0.4, -0.2) is 138 Å². The van der Waals surface area contributed by atoms with Gasteiger partial charge < -0.3 is 56.8 Å². The Hall–Kier alpha value is -11.1.